The van der Waals surface area contributed by atoms with Gasteiger partial charge in [-0.25, -0.2) is 5.43 Å². The van der Waals surface area contributed by atoms with Crippen LogP contribution in [0.5, 0.6) is 0 Å². The molecule has 0 aromatic heterocycles. The highest BCUT2D eigenvalue weighted by Crippen LogP contribution is 2.66. The third kappa shape index (κ3) is 4.20. The predicted molar refractivity (Wildman–Crippen MR) is 119 cm³/mol. The number of aryl methyl sites for hydroxylation is 1. The number of nitrogens with zero attached hydrogens (tertiary/aromatic N) is 1. The lowest BCUT2D eigenvalue weighted by Gasteiger charge is -2.11. The first-order valence-electron chi connectivity index (χ1n) is 8.84. The number of nitrogens with one attached hydrogen (secondary N) is 2. The van der Waals surface area contributed by atoms with Crippen molar-refractivity contribution >= 4 is 55.1 Å². The van der Waals surface area contributed by atoms with E-state index in [1.165, 1.54) is 0 Å². The van der Waals surface area contributed by atoms with Gasteiger partial charge in [0.1, 0.15) is 0 Å². The summed E-state index contributed by atoms with van der Waals surface area (Å²) in [6.45, 7) is 5.61. The van der Waals surface area contributed by atoms with Crippen molar-refractivity contribution in [2.24, 2.45) is 10.5 Å². The van der Waals surface area contributed by atoms with Crippen molar-refractivity contribution < 1.29 is 9.59 Å². The van der Waals surface area contributed by atoms with E-state index >= 15 is 0 Å². The summed E-state index contributed by atoms with van der Waals surface area (Å²) in [6, 6.07) is 14.8. The Kier molecular flexibility index (Phi) is 5.77. The summed E-state index contributed by atoms with van der Waals surface area (Å²) < 4.78 is -0.350. The molecule has 1 fully saturated rings. The number of hydrogen-bond donors (Lipinski definition) is 2. The van der Waals surface area contributed by atoms with Crippen LogP contribution in [-0.2, 0) is 4.79 Å². The lowest BCUT2D eigenvalue weighted by Crippen LogP contribution is -2.30. The van der Waals surface area contributed by atoms with E-state index in [9.17, 15) is 9.59 Å². The van der Waals surface area contributed by atoms with Gasteiger partial charge in [-0.3, -0.25) is 9.59 Å². The highest BCUT2D eigenvalue weighted by molar-refractivity contribution is 9.25. The molecule has 1 atom stereocenters. The van der Waals surface area contributed by atoms with Gasteiger partial charge >= 0.3 is 0 Å². The highest BCUT2D eigenvalue weighted by atomic mass is 79.9. The second-order valence-corrected chi connectivity index (χ2v) is 11.0. The molecule has 1 aliphatic carbocycles. The van der Waals surface area contributed by atoms with Crippen molar-refractivity contribution in [3.63, 3.8) is 0 Å². The number of amides is 2. The van der Waals surface area contributed by atoms with Gasteiger partial charge in [0.25, 0.3) is 5.91 Å². The fraction of sp³-hybridized carbons (Fsp3) is 0.286. The molecular formula is C21H21Br2N3O2. The number of halogens is 2. The third-order valence-electron chi connectivity index (χ3n) is 5.03. The molecule has 1 saturated carbocycles. The van der Waals surface area contributed by atoms with Gasteiger partial charge in [-0.2, -0.15) is 5.10 Å². The first-order valence-corrected chi connectivity index (χ1v) is 10.4. The molecule has 5 nitrogen and oxygen atoms in total. The quantitative estimate of drug-likeness (QED) is 0.341. The number of anilines is 1. The average molecular weight is 507 g/mol. The summed E-state index contributed by atoms with van der Waals surface area (Å²) >= 11 is 6.97. The van der Waals surface area contributed by atoms with Crippen LogP contribution in [0.1, 0.15) is 41.8 Å². The van der Waals surface area contributed by atoms with Gasteiger partial charge < -0.3 is 5.32 Å². The van der Waals surface area contributed by atoms with Gasteiger partial charge in [-0.05, 0) is 56.5 Å². The fourth-order valence-corrected chi connectivity index (χ4v) is 4.27. The molecule has 0 aliphatic heterocycles. The molecule has 0 unspecified atom stereocenters. The molecule has 146 valence electrons. The monoisotopic (exact) mass is 505 g/mol. The summed E-state index contributed by atoms with van der Waals surface area (Å²) in [7, 11) is 0. The van der Waals surface area contributed by atoms with Crippen LogP contribution in [0.4, 0.5) is 5.69 Å². The lowest BCUT2D eigenvalue weighted by atomic mass is 10.1. The van der Waals surface area contributed by atoms with E-state index < -0.39 is 5.41 Å². The SMILES string of the molecule is C/C(=N/NC(=O)[C@@]1(C)CC1(Br)Br)c1ccc(NC(=O)c2ccccc2C)cc1. The second-order valence-electron chi connectivity index (χ2n) is 7.20. The van der Waals surface area contributed by atoms with E-state index in [-0.39, 0.29) is 15.0 Å². The third-order valence-corrected chi connectivity index (χ3v) is 7.35. The van der Waals surface area contributed by atoms with E-state index in [4.69, 9.17) is 0 Å². The van der Waals surface area contributed by atoms with Crippen LogP contribution in [0.15, 0.2) is 53.6 Å². The summed E-state index contributed by atoms with van der Waals surface area (Å²) in [5, 5.41) is 7.10. The largest absolute Gasteiger partial charge is 0.322 e. The molecule has 3 rings (SSSR count). The average Bonchev–Trinajstić information content (AvgIpc) is 3.19. The molecule has 0 bridgehead atoms. The van der Waals surface area contributed by atoms with E-state index in [1.54, 1.807) is 6.07 Å². The molecule has 2 aromatic carbocycles. The Morgan fingerprint density at radius 2 is 1.68 bits per heavy atom. The Hall–Kier alpha value is -1.99. The van der Waals surface area contributed by atoms with Crippen molar-refractivity contribution in [3.05, 3.63) is 65.2 Å². The number of benzene rings is 2. The van der Waals surface area contributed by atoms with Gasteiger partial charge in [-0.1, -0.05) is 62.2 Å². The Morgan fingerprint density at radius 1 is 1.07 bits per heavy atom. The van der Waals surface area contributed by atoms with Gasteiger partial charge in [-0.15, -0.1) is 0 Å². The molecule has 2 amide bonds. The number of alkyl halides is 2. The summed E-state index contributed by atoms with van der Waals surface area (Å²) in [6.07, 6.45) is 0.704. The van der Waals surface area contributed by atoms with E-state index in [0.717, 1.165) is 11.1 Å². The zero-order valence-electron chi connectivity index (χ0n) is 15.8. The standard InChI is InChI=1S/C21H21Br2N3O2/c1-13-6-4-5-7-17(13)18(27)24-16-10-8-15(9-11-16)14(2)25-26-19(28)20(3)12-21(20,22)23/h4-11H,12H2,1-3H3,(H,24,27)(H,26,28)/b25-14-/t20-/m1/s1. The fourth-order valence-electron chi connectivity index (χ4n) is 2.79. The summed E-state index contributed by atoms with van der Waals surface area (Å²) in [4.78, 5) is 24.7. The Balaban J connectivity index is 1.63. The topological polar surface area (TPSA) is 70.6 Å². The van der Waals surface area contributed by atoms with Gasteiger partial charge in [0, 0.05) is 11.3 Å². The predicted octanol–water partition coefficient (Wildman–Crippen LogP) is 4.98. The maximum absolute atomic E-state index is 12.4. The number of hydrazone groups is 1. The Labute approximate surface area is 181 Å². The smallest absolute Gasteiger partial charge is 0.255 e. The maximum atomic E-state index is 12.4. The van der Waals surface area contributed by atoms with Gasteiger partial charge in [0.2, 0.25) is 5.91 Å². The Bertz CT molecular complexity index is 954. The summed E-state index contributed by atoms with van der Waals surface area (Å²) in [5.74, 6) is -0.281. The first kappa shape index (κ1) is 20.7. The van der Waals surface area contributed by atoms with Crippen LogP contribution in [0.3, 0.4) is 0 Å². The summed E-state index contributed by atoms with van der Waals surface area (Å²) in [5.41, 5.74) is 5.94. The molecule has 2 aromatic rings. The van der Waals surface area contributed by atoms with Crippen molar-refractivity contribution in [3.8, 4) is 0 Å². The zero-order valence-corrected chi connectivity index (χ0v) is 19.0. The van der Waals surface area contributed by atoms with Crippen LogP contribution in [0, 0.1) is 12.3 Å². The molecule has 0 heterocycles. The molecule has 1 aliphatic rings. The van der Waals surface area contributed by atoms with Crippen LogP contribution in [-0.4, -0.2) is 20.8 Å². The molecule has 2 N–H and O–H groups in total. The molecule has 0 spiro atoms. The normalized spacial score (nSPS) is 20.4. The van der Waals surface area contributed by atoms with Crippen molar-refractivity contribution in [1.29, 1.82) is 0 Å². The van der Waals surface area contributed by atoms with Crippen LogP contribution >= 0.6 is 31.9 Å². The second kappa shape index (κ2) is 7.79. The molecule has 0 radical (unpaired) electrons. The van der Waals surface area contributed by atoms with E-state index in [1.807, 2.05) is 63.2 Å². The van der Waals surface area contributed by atoms with Gasteiger partial charge in [0.15, 0.2) is 0 Å². The van der Waals surface area contributed by atoms with Crippen molar-refractivity contribution in [2.75, 3.05) is 5.32 Å². The number of carbonyl (C=O) groups excluding carboxylic acids is 2. The maximum Gasteiger partial charge on any atom is 0.255 e. The van der Waals surface area contributed by atoms with Gasteiger partial charge in [0.05, 0.1) is 14.4 Å². The van der Waals surface area contributed by atoms with Crippen LogP contribution < -0.4 is 10.7 Å². The molecular weight excluding hydrogens is 486 g/mol. The van der Waals surface area contributed by atoms with E-state index in [0.29, 0.717) is 23.4 Å². The molecule has 0 saturated heterocycles. The van der Waals surface area contributed by atoms with Crippen molar-refractivity contribution in [1.82, 2.24) is 5.43 Å². The zero-order chi connectivity index (χ0) is 20.5. The Morgan fingerprint density at radius 3 is 2.25 bits per heavy atom. The number of rotatable bonds is 5. The van der Waals surface area contributed by atoms with Crippen LogP contribution in [0.25, 0.3) is 0 Å². The molecule has 28 heavy (non-hydrogen) atoms. The minimum absolute atomic E-state index is 0.136. The van der Waals surface area contributed by atoms with Crippen molar-refractivity contribution in [2.45, 2.75) is 30.4 Å². The minimum Gasteiger partial charge on any atom is -0.322 e. The molecule has 7 heteroatoms. The number of carbonyl (C=O) groups is 2. The first-order chi connectivity index (χ1) is 13.1. The minimum atomic E-state index is -0.513. The lowest BCUT2D eigenvalue weighted by molar-refractivity contribution is -0.125. The van der Waals surface area contributed by atoms with Crippen LogP contribution in [0.2, 0.25) is 0 Å². The van der Waals surface area contributed by atoms with E-state index in [2.05, 4.69) is 47.7 Å². The number of hydrogen-bond acceptors (Lipinski definition) is 3. The highest BCUT2D eigenvalue weighted by Gasteiger charge is 2.66.